The summed E-state index contributed by atoms with van der Waals surface area (Å²) in [6.45, 7) is 11.7. The highest BCUT2D eigenvalue weighted by Crippen LogP contribution is 2.30. The minimum Gasteiger partial charge on any atom is -0.377 e. The smallest absolute Gasteiger partial charge is 0.154 e. The zero-order chi connectivity index (χ0) is 22.3. The lowest BCUT2D eigenvalue weighted by Crippen LogP contribution is -2.46. The monoisotopic (exact) mass is 440 g/mol. The summed E-state index contributed by atoms with van der Waals surface area (Å²) in [5, 5.41) is 7.02. The molecule has 0 saturated carbocycles. The first-order valence-electron chi connectivity index (χ1n) is 12.4. The van der Waals surface area contributed by atoms with Crippen LogP contribution >= 0.6 is 0 Å². The fourth-order valence-corrected chi connectivity index (χ4v) is 5.08. The molecule has 2 N–H and O–H groups in total. The molecule has 1 saturated heterocycles. The average Bonchev–Trinajstić information content (AvgIpc) is 3.20. The van der Waals surface area contributed by atoms with E-state index in [0.717, 1.165) is 81.2 Å². The zero-order valence-electron chi connectivity index (χ0n) is 20.1. The predicted octanol–water partition coefficient (Wildman–Crippen LogP) is 3.60. The summed E-state index contributed by atoms with van der Waals surface area (Å²) >= 11 is 0. The van der Waals surface area contributed by atoms with Gasteiger partial charge in [-0.25, -0.2) is 9.97 Å². The normalized spacial score (nSPS) is 22.3. The van der Waals surface area contributed by atoms with Gasteiger partial charge in [-0.15, -0.1) is 0 Å². The number of ether oxygens (including phenoxy) is 1. The molecule has 1 fully saturated rings. The van der Waals surface area contributed by atoms with Crippen LogP contribution in [0.4, 0.5) is 5.82 Å². The van der Waals surface area contributed by atoms with E-state index in [-0.39, 0.29) is 6.10 Å². The number of anilines is 1. The number of methoxy groups -OCH3 is 1. The number of aromatic nitrogens is 3. The van der Waals surface area contributed by atoms with E-state index in [2.05, 4.69) is 50.3 Å². The molecule has 1 aliphatic carbocycles. The van der Waals surface area contributed by atoms with Crippen LogP contribution in [0.5, 0.6) is 0 Å². The number of nitrogens with one attached hydrogen (secondary N) is 2. The van der Waals surface area contributed by atoms with E-state index >= 15 is 0 Å². The molecular weight excluding hydrogens is 400 g/mol. The third-order valence-corrected chi connectivity index (χ3v) is 6.83. The molecule has 7 nitrogen and oxygen atoms in total. The van der Waals surface area contributed by atoms with Crippen molar-refractivity contribution in [3.8, 4) is 0 Å². The van der Waals surface area contributed by atoms with E-state index in [0.29, 0.717) is 5.92 Å². The molecular formula is C25H40N6O. The summed E-state index contributed by atoms with van der Waals surface area (Å²) in [6.07, 6.45) is 10.6. The van der Waals surface area contributed by atoms with Crippen LogP contribution in [0.2, 0.25) is 0 Å². The highest BCUT2D eigenvalue weighted by Gasteiger charge is 2.27. The number of fused-ring (bicyclic) bond motifs is 1. The first-order chi connectivity index (χ1) is 15.7. The maximum Gasteiger partial charge on any atom is 0.154 e. The van der Waals surface area contributed by atoms with E-state index in [1.165, 1.54) is 25.0 Å². The van der Waals surface area contributed by atoms with Gasteiger partial charge in [-0.05, 0) is 43.7 Å². The fraction of sp³-hybridized carbons (Fsp3) is 0.680. The van der Waals surface area contributed by atoms with Crippen molar-refractivity contribution in [2.24, 2.45) is 5.92 Å². The lowest BCUT2D eigenvalue weighted by atomic mass is 9.86. The quantitative estimate of drug-likeness (QED) is 0.435. The molecule has 1 aliphatic heterocycles. The van der Waals surface area contributed by atoms with Crippen molar-refractivity contribution in [3.05, 3.63) is 29.7 Å². The van der Waals surface area contributed by atoms with E-state index in [4.69, 9.17) is 9.72 Å². The van der Waals surface area contributed by atoms with Crippen molar-refractivity contribution in [1.82, 2.24) is 24.8 Å². The number of allylic oxidation sites excluding steroid dienone is 1. The van der Waals surface area contributed by atoms with E-state index in [9.17, 15) is 0 Å². The molecule has 3 heterocycles. The molecule has 4 rings (SSSR count). The zero-order valence-corrected chi connectivity index (χ0v) is 20.1. The van der Waals surface area contributed by atoms with Gasteiger partial charge < -0.3 is 24.8 Å². The summed E-state index contributed by atoms with van der Waals surface area (Å²) in [7, 11) is 1.85. The first-order valence-corrected chi connectivity index (χ1v) is 12.4. The summed E-state index contributed by atoms with van der Waals surface area (Å²) in [4.78, 5) is 12.0. The molecule has 0 radical (unpaired) electrons. The van der Waals surface area contributed by atoms with Gasteiger partial charge in [-0.1, -0.05) is 25.8 Å². The average molecular weight is 441 g/mol. The molecule has 0 aromatic carbocycles. The Morgan fingerprint density at radius 2 is 2.06 bits per heavy atom. The number of hydrogen-bond donors (Lipinski definition) is 2. The van der Waals surface area contributed by atoms with Gasteiger partial charge in [-0.3, -0.25) is 0 Å². The van der Waals surface area contributed by atoms with Crippen molar-refractivity contribution in [3.63, 3.8) is 0 Å². The maximum atomic E-state index is 5.97. The second-order valence-corrected chi connectivity index (χ2v) is 9.32. The van der Waals surface area contributed by atoms with Crippen LogP contribution in [-0.2, 0) is 11.3 Å². The van der Waals surface area contributed by atoms with Crippen LogP contribution in [0, 0.1) is 12.8 Å². The molecule has 7 heteroatoms. The van der Waals surface area contributed by atoms with Crippen molar-refractivity contribution in [1.29, 1.82) is 0 Å². The van der Waals surface area contributed by atoms with Gasteiger partial charge in [0.15, 0.2) is 5.82 Å². The number of hydrogen-bond acceptors (Lipinski definition) is 6. The fourth-order valence-electron chi connectivity index (χ4n) is 5.08. The van der Waals surface area contributed by atoms with Gasteiger partial charge in [0, 0.05) is 59.1 Å². The minimum absolute atomic E-state index is 0.182. The topological polar surface area (TPSA) is 67.2 Å². The molecule has 176 valence electrons. The number of rotatable bonds is 10. The highest BCUT2D eigenvalue weighted by atomic mass is 16.5. The third-order valence-electron chi connectivity index (χ3n) is 6.83. The van der Waals surface area contributed by atoms with Crippen molar-refractivity contribution < 1.29 is 4.74 Å². The molecule has 2 aliphatic rings. The van der Waals surface area contributed by atoms with Gasteiger partial charge in [0.05, 0.1) is 11.6 Å². The van der Waals surface area contributed by atoms with E-state index in [1.54, 1.807) is 0 Å². The number of piperazine rings is 1. The highest BCUT2D eigenvalue weighted by molar-refractivity contribution is 5.86. The summed E-state index contributed by atoms with van der Waals surface area (Å²) in [6, 6.07) is 2.11. The SMILES string of the molecule is CCCCCNc1nc(C)nc2ccn(CC3=CCC(CN4CCNCC4)CC3OC)c12. The maximum absolute atomic E-state index is 5.97. The molecule has 2 unspecified atom stereocenters. The standard InChI is InChI=1S/C25H40N6O/c1-4-5-6-10-27-25-24-22(28-19(2)29-25)9-13-31(24)18-21-8-7-20(16-23(21)32-3)17-30-14-11-26-12-15-30/h8-9,13,20,23,26H,4-7,10-12,14-18H2,1-3H3,(H,27,28,29). The summed E-state index contributed by atoms with van der Waals surface area (Å²) in [5.41, 5.74) is 3.49. The van der Waals surface area contributed by atoms with Crippen LogP contribution in [0.15, 0.2) is 23.9 Å². The number of unbranched alkanes of at least 4 members (excludes halogenated alkanes) is 2. The lowest BCUT2D eigenvalue weighted by Gasteiger charge is -2.35. The van der Waals surface area contributed by atoms with Crippen LogP contribution in [-0.4, -0.2) is 71.9 Å². The summed E-state index contributed by atoms with van der Waals surface area (Å²) < 4.78 is 8.26. The predicted molar refractivity (Wildman–Crippen MR) is 131 cm³/mol. The Morgan fingerprint density at radius 1 is 1.22 bits per heavy atom. The van der Waals surface area contributed by atoms with Crippen LogP contribution < -0.4 is 10.6 Å². The minimum atomic E-state index is 0.182. The van der Waals surface area contributed by atoms with Gasteiger partial charge in [-0.2, -0.15) is 0 Å². The Labute approximate surface area is 192 Å². The second kappa shape index (κ2) is 11.3. The van der Waals surface area contributed by atoms with Gasteiger partial charge in [0.1, 0.15) is 11.3 Å². The Hall–Kier alpha value is -1.96. The number of aryl methyl sites for hydroxylation is 1. The molecule has 32 heavy (non-hydrogen) atoms. The van der Waals surface area contributed by atoms with Crippen molar-refractivity contribution >= 4 is 16.9 Å². The van der Waals surface area contributed by atoms with Crippen LogP contribution in [0.3, 0.4) is 0 Å². The second-order valence-electron chi connectivity index (χ2n) is 9.32. The molecule has 2 aromatic rings. The van der Waals surface area contributed by atoms with Crippen molar-refractivity contribution in [2.75, 3.05) is 51.7 Å². The van der Waals surface area contributed by atoms with E-state index < -0.39 is 0 Å². The largest absolute Gasteiger partial charge is 0.377 e. The molecule has 0 bridgehead atoms. The van der Waals surface area contributed by atoms with Crippen LogP contribution in [0.25, 0.3) is 11.0 Å². The number of nitrogens with zero attached hydrogens (tertiary/aromatic N) is 4. The first kappa shape index (κ1) is 23.2. The van der Waals surface area contributed by atoms with Gasteiger partial charge in [0.25, 0.3) is 0 Å². The molecule has 0 amide bonds. The molecule has 2 aromatic heterocycles. The lowest BCUT2D eigenvalue weighted by molar-refractivity contribution is 0.0852. The van der Waals surface area contributed by atoms with E-state index in [1.807, 2.05) is 14.0 Å². The Morgan fingerprint density at radius 3 is 2.84 bits per heavy atom. The van der Waals surface area contributed by atoms with Gasteiger partial charge in [0.2, 0.25) is 0 Å². The van der Waals surface area contributed by atoms with Gasteiger partial charge >= 0.3 is 0 Å². The van der Waals surface area contributed by atoms with Crippen molar-refractivity contribution in [2.45, 2.75) is 58.6 Å². The molecule has 2 atom stereocenters. The molecule has 0 spiro atoms. The summed E-state index contributed by atoms with van der Waals surface area (Å²) in [5.74, 6) is 2.44. The Kier molecular flexibility index (Phi) is 8.16. The Balaban J connectivity index is 1.48. The van der Waals surface area contributed by atoms with Crippen LogP contribution in [0.1, 0.15) is 44.9 Å². The third kappa shape index (κ3) is 5.69. The Bertz CT molecular complexity index is 901.